The molecular formula is C18H18ClFN2O4. The van der Waals surface area contributed by atoms with E-state index in [2.05, 4.69) is 4.98 Å². The van der Waals surface area contributed by atoms with E-state index in [0.29, 0.717) is 35.1 Å². The minimum Gasteiger partial charge on any atom is -0.473 e. The molecule has 138 valence electrons. The molecule has 2 heterocycles. The van der Waals surface area contributed by atoms with Crippen molar-refractivity contribution in [2.45, 2.75) is 25.0 Å². The van der Waals surface area contributed by atoms with Crippen LogP contribution in [0, 0.1) is 5.82 Å². The molecule has 1 aliphatic heterocycles. The van der Waals surface area contributed by atoms with Gasteiger partial charge in [0.25, 0.3) is 0 Å². The summed E-state index contributed by atoms with van der Waals surface area (Å²) in [5.41, 5.74) is 0.980. The molecule has 0 spiro atoms. The van der Waals surface area contributed by atoms with Gasteiger partial charge in [0.15, 0.2) is 0 Å². The molecule has 0 aliphatic carbocycles. The highest BCUT2D eigenvalue weighted by Crippen LogP contribution is 2.28. The second-order valence-electron chi connectivity index (χ2n) is 6.12. The molecule has 26 heavy (non-hydrogen) atoms. The fourth-order valence-electron chi connectivity index (χ4n) is 2.96. The van der Waals surface area contributed by atoms with E-state index >= 15 is 0 Å². The topological polar surface area (TPSA) is 82.9 Å². The van der Waals surface area contributed by atoms with E-state index in [1.54, 1.807) is 30.3 Å². The highest BCUT2D eigenvalue weighted by atomic mass is 35.5. The highest BCUT2D eigenvalue weighted by Gasteiger charge is 2.32. The van der Waals surface area contributed by atoms with Crippen LogP contribution in [-0.4, -0.2) is 45.4 Å². The normalized spacial score (nSPS) is 20.0. The van der Waals surface area contributed by atoms with Crippen molar-refractivity contribution >= 4 is 17.7 Å². The lowest BCUT2D eigenvalue weighted by Crippen LogP contribution is -2.45. The van der Waals surface area contributed by atoms with E-state index in [4.69, 9.17) is 21.4 Å². The van der Waals surface area contributed by atoms with Gasteiger partial charge in [0.1, 0.15) is 12.4 Å². The Balaban J connectivity index is 1.67. The van der Waals surface area contributed by atoms with Crippen LogP contribution in [0.15, 0.2) is 36.4 Å². The molecule has 1 aromatic heterocycles. The van der Waals surface area contributed by atoms with Crippen LogP contribution in [0.25, 0.3) is 0 Å². The number of amides is 1. The smallest absolute Gasteiger partial charge is 0.407 e. The molecule has 2 N–H and O–H groups in total. The Labute approximate surface area is 154 Å². The molecule has 3 rings (SSSR count). The van der Waals surface area contributed by atoms with Crippen LogP contribution >= 0.6 is 11.6 Å². The average Bonchev–Trinajstić information content (AvgIpc) is 2.61. The Morgan fingerprint density at radius 3 is 2.88 bits per heavy atom. The number of ether oxygens (including phenoxy) is 1. The summed E-state index contributed by atoms with van der Waals surface area (Å²) in [6.07, 6.45) is -1.41. The van der Waals surface area contributed by atoms with E-state index < -0.39 is 18.0 Å². The van der Waals surface area contributed by atoms with Crippen molar-refractivity contribution in [2.75, 3.05) is 13.1 Å². The van der Waals surface area contributed by atoms with Crippen LogP contribution < -0.4 is 4.74 Å². The van der Waals surface area contributed by atoms with Crippen molar-refractivity contribution in [3.05, 3.63) is 58.5 Å². The molecule has 0 radical (unpaired) electrons. The molecule has 8 heteroatoms. The monoisotopic (exact) mass is 380 g/mol. The van der Waals surface area contributed by atoms with Crippen LogP contribution in [0.1, 0.15) is 23.6 Å². The van der Waals surface area contributed by atoms with Gasteiger partial charge in [-0.25, -0.2) is 14.2 Å². The van der Waals surface area contributed by atoms with Gasteiger partial charge in [-0.2, -0.15) is 0 Å². The first-order valence-corrected chi connectivity index (χ1v) is 8.51. The van der Waals surface area contributed by atoms with E-state index in [-0.39, 0.29) is 19.1 Å². The number of pyridine rings is 1. The Hall–Kier alpha value is -2.38. The summed E-state index contributed by atoms with van der Waals surface area (Å²) < 4.78 is 19.4. The zero-order valence-corrected chi connectivity index (χ0v) is 14.6. The van der Waals surface area contributed by atoms with E-state index in [1.165, 1.54) is 11.0 Å². The summed E-state index contributed by atoms with van der Waals surface area (Å²) in [5, 5.41) is 19.6. The lowest BCUT2D eigenvalue weighted by molar-refractivity contribution is 0.0491. The second-order valence-corrected chi connectivity index (χ2v) is 6.55. The number of hydrogen-bond donors (Lipinski definition) is 2. The molecule has 2 aromatic rings. The van der Waals surface area contributed by atoms with Gasteiger partial charge in [0.2, 0.25) is 5.88 Å². The molecule has 1 amide bonds. The fourth-order valence-corrected chi connectivity index (χ4v) is 3.12. The molecule has 1 aromatic carbocycles. The van der Waals surface area contributed by atoms with Crippen LogP contribution in [0.5, 0.6) is 5.88 Å². The molecule has 0 bridgehead atoms. The van der Waals surface area contributed by atoms with E-state index in [0.717, 1.165) is 0 Å². The third-order valence-corrected chi connectivity index (χ3v) is 4.60. The van der Waals surface area contributed by atoms with Gasteiger partial charge in [-0.1, -0.05) is 23.7 Å². The highest BCUT2D eigenvalue weighted by molar-refractivity contribution is 6.30. The van der Waals surface area contributed by atoms with Crippen molar-refractivity contribution in [1.82, 2.24) is 9.88 Å². The van der Waals surface area contributed by atoms with Crippen LogP contribution in [0.4, 0.5) is 9.18 Å². The standard InChI is InChI=1S/C18H18ClFN2O4/c19-12-5-4-11(14(20)8-12)10-26-17-3-1-2-15(21-17)13-6-7-22(18(24)25)9-16(13)23/h1-5,8,13,16,23H,6-7,9-10H2,(H,24,25)/t13-,16-/m0/s1. The molecule has 1 saturated heterocycles. The van der Waals surface area contributed by atoms with Gasteiger partial charge < -0.3 is 19.8 Å². The number of rotatable bonds is 4. The summed E-state index contributed by atoms with van der Waals surface area (Å²) in [5.74, 6) is -0.420. The Kier molecular flexibility index (Phi) is 5.58. The number of nitrogens with zero attached hydrogens (tertiary/aromatic N) is 2. The van der Waals surface area contributed by atoms with Gasteiger partial charge >= 0.3 is 6.09 Å². The second kappa shape index (κ2) is 7.88. The van der Waals surface area contributed by atoms with Crippen molar-refractivity contribution < 1.29 is 24.1 Å². The van der Waals surface area contributed by atoms with Gasteiger partial charge in [-0.05, 0) is 24.6 Å². The van der Waals surface area contributed by atoms with Gasteiger partial charge in [-0.15, -0.1) is 0 Å². The van der Waals surface area contributed by atoms with Crippen molar-refractivity contribution in [2.24, 2.45) is 0 Å². The number of aliphatic hydroxyl groups is 1. The number of carboxylic acid groups (broad SMARTS) is 1. The Morgan fingerprint density at radius 2 is 2.19 bits per heavy atom. The third-order valence-electron chi connectivity index (χ3n) is 4.37. The molecule has 6 nitrogen and oxygen atoms in total. The molecule has 2 atom stereocenters. The van der Waals surface area contributed by atoms with Gasteiger partial charge in [0.05, 0.1) is 18.3 Å². The molecule has 1 aliphatic rings. The Morgan fingerprint density at radius 1 is 1.38 bits per heavy atom. The number of β-amino-alcohol motifs (C(OH)–C–C–N with tert-alkyl or cyclic N) is 1. The quantitative estimate of drug-likeness (QED) is 0.850. The minimum absolute atomic E-state index is 0.000528. The molecule has 1 fully saturated rings. The number of halogens is 2. The van der Waals surface area contributed by atoms with Crippen LogP contribution in [0.3, 0.4) is 0 Å². The maximum Gasteiger partial charge on any atom is 0.407 e. The maximum atomic E-state index is 13.8. The predicted octanol–water partition coefficient (Wildman–Crippen LogP) is 3.28. The zero-order valence-electron chi connectivity index (χ0n) is 13.8. The number of piperidine rings is 1. The van der Waals surface area contributed by atoms with Crippen molar-refractivity contribution in [3.63, 3.8) is 0 Å². The van der Waals surface area contributed by atoms with Crippen molar-refractivity contribution in [1.29, 1.82) is 0 Å². The number of aliphatic hydroxyl groups excluding tert-OH is 1. The van der Waals surface area contributed by atoms with Crippen LogP contribution in [0.2, 0.25) is 5.02 Å². The first kappa shape index (κ1) is 18.4. The average molecular weight is 381 g/mol. The number of aromatic nitrogens is 1. The summed E-state index contributed by atoms with van der Waals surface area (Å²) in [4.78, 5) is 16.6. The summed E-state index contributed by atoms with van der Waals surface area (Å²) in [6, 6.07) is 9.51. The summed E-state index contributed by atoms with van der Waals surface area (Å²) in [6.45, 7) is 0.377. The molecule has 0 unspecified atom stereocenters. The first-order valence-electron chi connectivity index (χ1n) is 8.13. The first-order chi connectivity index (χ1) is 12.4. The number of hydrogen-bond acceptors (Lipinski definition) is 4. The van der Waals surface area contributed by atoms with Gasteiger partial charge in [0, 0.05) is 29.1 Å². The van der Waals surface area contributed by atoms with E-state index in [1.807, 2.05) is 0 Å². The van der Waals surface area contributed by atoms with Gasteiger partial charge in [-0.3, -0.25) is 0 Å². The number of likely N-dealkylation sites (tertiary alicyclic amines) is 1. The number of benzene rings is 1. The predicted molar refractivity (Wildman–Crippen MR) is 92.9 cm³/mol. The molecule has 0 saturated carbocycles. The molecular weight excluding hydrogens is 363 g/mol. The minimum atomic E-state index is -1.04. The largest absolute Gasteiger partial charge is 0.473 e. The van der Waals surface area contributed by atoms with E-state index in [9.17, 15) is 14.3 Å². The fraction of sp³-hybridized carbons (Fsp3) is 0.333. The van der Waals surface area contributed by atoms with Crippen LogP contribution in [-0.2, 0) is 6.61 Å². The van der Waals surface area contributed by atoms with Crippen molar-refractivity contribution in [3.8, 4) is 5.88 Å². The maximum absolute atomic E-state index is 13.8. The summed E-state index contributed by atoms with van der Waals surface area (Å²) >= 11 is 5.73. The zero-order chi connectivity index (χ0) is 18.7. The Bertz CT molecular complexity index is 805. The third kappa shape index (κ3) is 4.23. The SMILES string of the molecule is O=C(O)N1CC[C@@H](c2cccc(OCc3ccc(Cl)cc3F)n2)[C@@H](O)C1. The summed E-state index contributed by atoms with van der Waals surface area (Å²) in [7, 11) is 0. The number of carbonyl (C=O) groups is 1. The lowest BCUT2D eigenvalue weighted by Gasteiger charge is -2.34. The lowest BCUT2D eigenvalue weighted by atomic mass is 9.90.